The van der Waals surface area contributed by atoms with Crippen LogP contribution in [0, 0.1) is 0 Å². The molecule has 1 heterocycles. The molecule has 0 bridgehead atoms. The van der Waals surface area contributed by atoms with Crippen LogP contribution >= 0.6 is 11.3 Å². The fourth-order valence-electron chi connectivity index (χ4n) is 2.50. The molecule has 0 radical (unpaired) electrons. The van der Waals surface area contributed by atoms with Crippen molar-refractivity contribution < 1.29 is 47.2 Å². The normalized spacial score (nSPS) is 14.8. The predicted octanol–water partition coefficient (Wildman–Crippen LogP) is -2.12. The lowest BCUT2D eigenvalue weighted by molar-refractivity contribution is -0.161. The molecule has 0 saturated heterocycles. The number of carboxylic acid groups (broad SMARTS) is 2. The second-order valence-electron chi connectivity index (χ2n) is 8.13. The molecule has 19 heteroatoms. The van der Waals surface area contributed by atoms with Crippen LogP contribution in [0.4, 0.5) is 5.13 Å². The molecule has 1 rings (SSSR count). The Morgan fingerprint density at radius 1 is 1.27 bits per heavy atom. The number of hydrogen-bond acceptors (Lipinski definition) is 12. The number of nitrogen functional groups attached to an aromatic ring is 1. The number of carboxylic acids is 2. The molecule has 208 valence electrons. The molecular weight excluding hydrogens is 538 g/mol. The van der Waals surface area contributed by atoms with Gasteiger partial charge in [0.25, 0.3) is 5.91 Å². The average molecular weight is 568 g/mol. The molecule has 1 aromatic heterocycles. The highest BCUT2D eigenvalue weighted by atomic mass is 32.2. The molecule has 2 amide bonds. The van der Waals surface area contributed by atoms with E-state index in [1.807, 2.05) is 0 Å². The highest BCUT2D eigenvalue weighted by Gasteiger charge is 2.34. The van der Waals surface area contributed by atoms with Crippen LogP contribution in [0.5, 0.6) is 0 Å². The monoisotopic (exact) mass is 567 g/mol. The number of hydrogen-bond donors (Lipinski definition) is 8. The largest absolute Gasteiger partial charge is 0.480 e. The van der Waals surface area contributed by atoms with Gasteiger partial charge in [-0.1, -0.05) is 5.16 Å². The number of carbonyl (C=O) groups excluding carboxylic acids is 2. The maximum Gasteiger partial charge on any atom is 0.350 e. The van der Waals surface area contributed by atoms with Crippen molar-refractivity contribution in [3.63, 3.8) is 0 Å². The fraction of sp³-hybridized carbons (Fsp3) is 0.556. The lowest BCUT2D eigenvalue weighted by Crippen LogP contribution is -2.58. The molecule has 0 unspecified atom stereocenters. The van der Waals surface area contributed by atoms with Gasteiger partial charge in [-0.05, 0) is 33.6 Å². The molecule has 3 atom stereocenters. The minimum atomic E-state index is -4.80. The Balaban J connectivity index is 3.19. The number of aromatic nitrogens is 1. The van der Waals surface area contributed by atoms with Crippen molar-refractivity contribution in [2.24, 2.45) is 10.9 Å². The number of rotatable bonds is 15. The predicted molar refractivity (Wildman–Crippen MR) is 130 cm³/mol. The van der Waals surface area contributed by atoms with Crippen molar-refractivity contribution in [2.75, 3.05) is 12.3 Å². The summed E-state index contributed by atoms with van der Waals surface area (Å²) >= 11 is 0.925. The van der Waals surface area contributed by atoms with E-state index < -0.39 is 63.5 Å². The summed E-state index contributed by atoms with van der Waals surface area (Å²) in [5.41, 5.74) is 8.42. The van der Waals surface area contributed by atoms with E-state index in [2.05, 4.69) is 20.8 Å². The summed E-state index contributed by atoms with van der Waals surface area (Å²) in [7, 11) is -4.80. The third-order valence-electron chi connectivity index (χ3n) is 4.57. The maximum absolute atomic E-state index is 13.1. The van der Waals surface area contributed by atoms with Gasteiger partial charge in [0.1, 0.15) is 17.8 Å². The minimum absolute atomic E-state index is 0.0181. The molecule has 0 spiro atoms. The van der Waals surface area contributed by atoms with Gasteiger partial charge in [-0.25, -0.2) is 9.78 Å². The quantitative estimate of drug-likeness (QED) is 0.0487. The Labute approximate surface area is 215 Å². The van der Waals surface area contributed by atoms with Gasteiger partial charge in [-0.2, -0.15) is 13.1 Å². The zero-order valence-corrected chi connectivity index (χ0v) is 21.6. The maximum atomic E-state index is 13.1. The van der Waals surface area contributed by atoms with E-state index >= 15 is 0 Å². The van der Waals surface area contributed by atoms with Crippen molar-refractivity contribution in [1.82, 2.24) is 20.3 Å². The lowest BCUT2D eigenvalue weighted by atomic mass is 10.1. The Morgan fingerprint density at radius 3 is 2.38 bits per heavy atom. The van der Waals surface area contributed by atoms with Gasteiger partial charge in [-0.15, -0.1) is 11.3 Å². The number of anilines is 1. The van der Waals surface area contributed by atoms with Gasteiger partial charge in [0.15, 0.2) is 10.8 Å². The number of amides is 2. The topological polar surface area (TPSA) is 286 Å². The van der Waals surface area contributed by atoms with Crippen molar-refractivity contribution >= 4 is 56.2 Å². The van der Waals surface area contributed by atoms with Crippen molar-refractivity contribution in [3.05, 3.63) is 11.1 Å². The van der Waals surface area contributed by atoms with Gasteiger partial charge in [0.2, 0.25) is 11.5 Å². The number of nitrogens with one attached hydrogen (secondary N) is 3. The smallest absolute Gasteiger partial charge is 0.350 e. The number of oxime groups is 1. The summed E-state index contributed by atoms with van der Waals surface area (Å²) in [4.78, 5) is 56.9. The summed E-state index contributed by atoms with van der Waals surface area (Å²) in [5.74, 6) is -4.67. The van der Waals surface area contributed by atoms with E-state index in [1.54, 1.807) is 4.72 Å². The molecule has 0 fully saturated rings. The van der Waals surface area contributed by atoms with Crippen molar-refractivity contribution in [2.45, 2.75) is 57.3 Å². The van der Waals surface area contributed by atoms with Gasteiger partial charge in [0.05, 0.1) is 6.04 Å². The third kappa shape index (κ3) is 10.6. The average Bonchev–Trinajstić information content (AvgIpc) is 3.18. The number of nitrogens with zero attached hydrogens (tertiary/aromatic N) is 2. The van der Waals surface area contributed by atoms with E-state index in [9.17, 15) is 32.7 Å². The van der Waals surface area contributed by atoms with E-state index in [0.717, 1.165) is 25.2 Å². The van der Waals surface area contributed by atoms with Crippen molar-refractivity contribution in [3.8, 4) is 0 Å². The molecule has 0 aromatic carbocycles. The SMILES string of the molecule is C[C@H](NS(=O)(=O)O)[C@H](NC(=O)/C(=N\OC(C)(C)C(=O)O)c1csc(N)n1)C(=O)NCCC[C@H](N)C(=O)O. The summed E-state index contributed by atoms with van der Waals surface area (Å²) in [6.07, 6.45) is 0.160. The van der Waals surface area contributed by atoms with Crippen LogP contribution in [0.25, 0.3) is 0 Å². The Bertz CT molecular complexity index is 1140. The zero-order valence-electron chi connectivity index (χ0n) is 20.0. The van der Waals surface area contributed by atoms with Crippen LogP contribution in [0.2, 0.25) is 0 Å². The molecule has 37 heavy (non-hydrogen) atoms. The fourth-order valence-corrected chi connectivity index (χ4v) is 3.65. The van der Waals surface area contributed by atoms with Crippen LogP contribution in [0.1, 0.15) is 39.3 Å². The first-order valence-corrected chi connectivity index (χ1v) is 12.8. The molecular formula is C18H29N7O10S2. The van der Waals surface area contributed by atoms with Crippen LogP contribution in [0.15, 0.2) is 10.5 Å². The summed E-state index contributed by atoms with van der Waals surface area (Å²) < 4.78 is 33.5. The van der Waals surface area contributed by atoms with Crippen molar-refractivity contribution in [1.29, 1.82) is 0 Å². The Hall–Kier alpha value is -3.39. The molecule has 0 saturated carbocycles. The Morgan fingerprint density at radius 2 is 1.89 bits per heavy atom. The lowest BCUT2D eigenvalue weighted by Gasteiger charge is -2.24. The van der Waals surface area contributed by atoms with Crippen LogP contribution in [-0.4, -0.2) is 87.9 Å². The molecule has 0 aliphatic carbocycles. The van der Waals surface area contributed by atoms with Gasteiger partial charge in [-0.3, -0.25) is 18.9 Å². The standard InChI is InChI=1S/C18H29N7O10S2/c1-8(25-37(32,33)34)11(13(26)21-6-4-5-9(19)15(28)29)23-14(27)12(10-7-36-17(20)22-10)24-35-18(2,3)16(30)31/h7-9,11,25H,4-6,19H2,1-3H3,(H2,20,22)(H,21,26)(H,23,27)(H,28,29)(H,30,31)(H,32,33,34)/b24-12-/t8-,9-,11-/m0/s1. The number of aliphatic carboxylic acids is 2. The number of carbonyl (C=O) groups is 4. The van der Waals surface area contributed by atoms with E-state index in [1.165, 1.54) is 12.3 Å². The second-order valence-corrected chi connectivity index (χ2v) is 10.2. The van der Waals surface area contributed by atoms with Gasteiger partial charge >= 0.3 is 22.2 Å². The van der Waals surface area contributed by atoms with Crippen LogP contribution < -0.4 is 26.8 Å². The first-order valence-electron chi connectivity index (χ1n) is 10.5. The van der Waals surface area contributed by atoms with E-state index in [-0.39, 0.29) is 30.2 Å². The third-order valence-corrected chi connectivity index (χ3v) is 5.92. The number of thiazole rings is 1. The minimum Gasteiger partial charge on any atom is -0.480 e. The second kappa shape index (κ2) is 13.2. The summed E-state index contributed by atoms with van der Waals surface area (Å²) in [5, 5.41) is 27.6. The van der Waals surface area contributed by atoms with Crippen LogP contribution in [-0.2, 0) is 34.3 Å². The molecule has 0 aliphatic rings. The highest BCUT2D eigenvalue weighted by Crippen LogP contribution is 2.15. The molecule has 10 N–H and O–H groups in total. The highest BCUT2D eigenvalue weighted by molar-refractivity contribution is 7.83. The first-order chi connectivity index (χ1) is 16.9. The first kappa shape index (κ1) is 31.6. The zero-order chi connectivity index (χ0) is 28.6. The van der Waals surface area contributed by atoms with Gasteiger partial charge < -0.3 is 37.2 Å². The Kier molecular flexibility index (Phi) is 11.3. The van der Waals surface area contributed by atoms with Crippen LogP contribution in [0.3, 0.4) is 0 Å². The van der Waals surface area contributed by atoms with E-state index in [0.29, 0.717) is 0 Å². The molecule has 0 aliphatic heterocycles. The van der Waals surface area contributed by atoms with E-state index in [4.69, 9.17) is 26.0 Å². The summed E-state index contributed by atoms with van der Waals surface area (Å²) in [6, 6.07) is -4.21. The number of nitrogens with two attached hydrogens (primary N) is 2. The summed E-state index contributed by atoms with van der Waals surface area (Å²) in [6.45, 7) is 3.41. The van der Waals surface area contributed by atoms with Gasteiger partial charge in [0, 0.05) is 11.9 Å². The molecule has 1 aromatic rings. The molecule has 17 nitrogen and oxygen atoms in total.